The Morgan fingerprint density at radius 3 is 2.68 bits per heavy atom. The topological polar surface area (TPSA) is 139 Å². The van der Waals surface area contributed by atoms with Crippen molar-refractivity contribution in [2.75, 3.05) is 39.8 Å². The van der Waals surface area contributed by atoms with Crippen molar-refractivity contribution in [1.82, 2.24) is 20.5 Å². The lowest BCUT2D eigenvalue weighted by Crippen LogP contribution is -2.52. The fraction of sp³-hybridized carbons (Fsp3) is 0.444. The van der Waals surface area contributed by atoms with Crippen molar-refractivity contribution in [2.24, 2.45) is 5.73 Å². The van der Waals surface area contributed by atoms with E-state index in [1.807, 2.05) is 20.8 Å². The van der Waals surface area contributed by atoms with Crippen molar-refractivity contribution in [3.05, 3.63) is 53.6 Å². The van der Waals surface area contributed by atoms with E-state index < -0.39 is 17.0 Å². The molecule has 2 aromatic rings. The first-order valence-electron chi connectivity index (χ1n) is 12.6. The molecule has 0 aliphatic heterocycles. The van der Waals surface area contributed by atoms with Crippen LogP contribution < -0.4 is 25.8 Å². The number of pyridine rings is 1. The zero-order chi connectivity index (χ0) is 27.9. The van der Waals surface area contributed by atoms with E-state index in [1.54, 1.807) is 36.5 Å². The highest BCUT2D eigenvalue weighted by molar-refractivity contribution is 6.34. The fourth-order valence-electron chi connectivity index (χ4n) is 4.24. The predicted molar refractivity (Wildman–Crippen MR) is 148 cm³/mol. The minimum atomic E-state index is -1.51. The first-order chi connectivity index (χ1) is 18.2. The average molecular weight is 546 g/mol. The zero-order valence-electron chi connectivity index (χ0n) is 22.2. The zero-order valence-corrected chi connectivity index (χ0v) is 22.9. The Bertz CT molecular complexity index is 1220. The highest BCUT2D eigenvalue weighted by atomic mass is 35.5. The molecule has 38 heavy (non-hydrogen) atoms. The number of aliphatic hydroxyl groups is 1. The number of hydrogen-bond donors (Lipinski definition) is 4. The van der Waals surface area contributed by atoms with Gasteiger partial charge in [-0.15, -0.1) is 11.6 Å². The third-order valence-corrected chi connectivity index (χ3v) is 6.98. The van der Waals surface area contributed by atoms with E-state index >= 15 is 0 Å². The van der Waals surface area contributed by atoms with E-state index in [0.29, 0.717) is 36.0 Å². The molecule has 0 fully saturated rings. The van der Waals surface area contributed by atoms with Crippen molar-refractivity contribution >= 4 is 34.7 Å². The molecule has 1 heterocycles. The lowest BCUT2D eigenvalue weighted by atomic mass is 9.91. The van der Waals surface area contributed by atoms with Crippen molar-refractivity contribution in [2.45, 2.75) is 37.8 Å². The van der Waals surface area contributed by atoms with Gasteiger partial charge in [-0.2, -0.15) is 0 Å². The maximum atomic E-state index is 12.7. The molecule has 1 aromatic carbocycles. The van der Waals surface area contributed by atoms with Crippen LogP contribution in [0.4, 0.5) is 0 Å². The standard InChI is InChI=1S/C27H36ClN5O5/c1-5-31-24-9-8-22(25(29)27(24,28)16-34)38-21-10-11-32-20-13-23(19(12-18(20)21)26(36)30-4)37-15-17(35)14-33(6-2)7-3/h8-13,16-17,24,31,35H,5-7,14-15,29H2,1-4H3,(H,30,36)/t17-,24?,27?/m1/s1. The second-order valence-corrected chi connectivity index (χ2v) is 9.49. The van der Waals surface area contributed by atoms with E-state index in [9.17, 15) is 14.7 Å². The molecular weight excluding hydrogens is 510 g/mol. The van der Waals surface area contributed by atoms with Crippen molar-refractivity contribution in [3.63, 3.8) is 0 Å². The molecule has 206 valence electrons. The Kier molecular flexibility index (Phi) is 10.1. The SMILES string of the molecule is CCNC1C=CC(Oc2ccnc3cc(OC[C@H](O)CN(CC)CC)c(C(=O)NC)cc23)=C(N)C1(Cl)C=O. The van der Waals surface area contributed by atoms with Crippen LogP contribution in [0.1, 0.15) is 31.1 Å². The highest BCUT2D eigenvalue weighted by Gasteiger charge is 2.42. The Morgan fingerprint density at radius 2 is 2.05 bits per heavy atom. The van der Waals surface area contributed by atoms with Gasteiger partial charge in [0.25, 0.3) is 5.91 Å². The first kappa shape index (κ1) is 29.4. The summed E-state index contributed by atoms with van der Waals surface area (Å²) in [5.41, 5.74) is 7.12. The number of ether oxygens (including phenoxy) is 2. The number of nitrogens with zero attached hydrogens (tertiary/aromatic N) is 2. The normalized spacial score (nSPS) is 20.0. The molecule has 11 heteroatoms. The summed E-state index contributed by atoms with van der Waals surface area (Å²) in [4.78, 5) is 29.6. The van der Waals surface area contributed by atoms with E-state index in [0.717, 1.165) is 13.1 Å². The fourth-order valence-corrected chi connectivity index (χ4v) is 4.48. The number of likely N-dealkylation sites (N-methyl/N-ethyl adjacent to an activating group) is 2. The lowest BCUT2D eigenvalue weighted by Gasteiger charge is -2.33. The number of carbonyl (C=O) groups is 2. The molecule has 0 radical (unpaired) electrons. The van der Waals surface area contributed by atoms with Crippen LogP contribution in [-0.2, 0) is 4.79 Å². The summed E-state index contributed by atoms with van der Waals surface area (Å²) in [5, 5.41) is 16.7. The minimum absolute atomic E-state index is 0.00681. The molecule has 3 atom stereocenters. The number of halogens is 1. The Labute approximate surface area is 227 Å². The number of fused-ring (bicyclic) bond motifs is 1. The van der Waals surface area contributed by atoms with Crippen LogP contribution in [0.5, 0.6) is 11.5 Å². The molecule has 1 aliphatic rings. The number of nitrogens with two attached hydrogens (primary N) is 1. The number of benzene rings is 1. The van der Waals surface area contributed by atoms with Crippen LogP contribution in [0.3, 0.4) is 0 Å². The second-order valence-electron chi connectivity index (χ2n) is 8.86. The van der Waals surface area contributed by atoms with Crippen molar-refractivity contribution < 1.29 is 24.2 Å². The molecule has 1 amide bonds. The van der Waals surface area contributed by atoms with Gasteiger partial charge >= 0.3 is 0 Å². The molecule has 1 aromatic heterocycles. The molecule has 0 spiro atoms. The maximum Gasteiger partial charge on any atom is 0.254 e. The smallest absolute Gasteiger partial charge is 0.254 e. The van der Waals surface area contributed by atoms with Crippen LogP contribution in [0.25, 0.3) is 10.9 Å². The van der Waals surface area contributed by atoms with Gasteiger partial charge in [-0.25, -0.2) is 0 Å². The summed E-state index contributed by atoms with van der Waals surface area (Å²) in [6, 6.07) is 4.38. The van der Waals surface area contributed by atoms with Crippen molar-refractivity contribution in [3.8, 4) is 11.5 Å². The van der Waals surface area contributed by atoms with Gasteiger partial charge in [0.2, 0.25) is 0 Å². The largest absolute Gasteiger partial charge is 0.490 e. The van der Waals surface area contributed by atoms with Crippen LogP contribution in [0.2, 0.25) is 0 Å². The Morgan fingerprint density at radius 1 is 1.32 bits per heavy atom. The summed E-state index contributed by atoms with van der Waals surface area (Å²) >= 11 is 6.60. The van der Waals surface area contributed by atoms with Gasteiger partial charge in [0.05, 0.1) is 22.8 Å². The molecule has 1 aliphatic carbocycles. The number of amides is 1. The van der Waals surface area contributed by atoms with E-state index in [-0.39, 0.29) is 35.3 Å². The van der Waals surface area contributed by atoms with Gasteiger partial charge < -0.3 is 40.6 Å². The van der Waals surface area contributed by atoms with Gasteiger partial charge in [0, 0.05) is 31.2 Å². The number of aldehydes is 1. The van der Waals surface area contributed by atoms with Gasteiger partial charge in [0.1, 0.15) is 36.3 Å². The third kappa shape index (κ3) is 6.27. The molecule has 3 rings (SSSR count). The Balaban J connectivity index is 1.96. The molecule has 2 unspecified atom stereocenters. The number of aliphatic hydroxyl groups excluding tert-OH is 1. The first-order valence-corrected chi connectivity index (χ1v) is 13.0. The van der Waals surface area contributed by atoms with Crippen LogP contribution in [-0.4, -0.2) is 84.0 Å². The summed E-state index contributed by atoms with van der Waals surface area (Å²) in [7, 11) is 1.52. The summed E-state index contributed by atoms with van der Waals surface area (Å²) in [6.45, 7) is 8.62. The summed E-state index contributed by atoms with van der Waals surface area (Å²) in [5.74, 6) is 0.490. The van der Waals surface area contributed by atoms with E-state index in [4.69, 9.17) is 26.8 Å². The number of allylic oxidation sites excluding steroid dienone is 1. The average Bonchev–Trinajstić information content (AvgIpc) is 2.93. The van der Waals surface area contributed by atoms with E-state index in [1.165, 1.54) is 7.05 Å². The summed E-state index contributed by atoms with van der Waals surface area (Å²) < 4.78 is 12.0. The van der Waals surface area contributed by atoms with Crippen molar-refractivity contribution in [1.29, 1.82) is 0 Å². The van der Waals surface area contributed by atoms with Crippen LogP contribution in [0, 0.1) is 0 Å². The van der Waals surface area contributed by atoms with Gasteiger partial charge in [-0.1, -0.05) is 26.8 Å². The number of alkyl halides is 1. The number of nitrogens with one attached hydrogen (secondary N) is 2. The molecule has 0 bridgehead atoms. The molecule has 10 nitrogen and oxygen atoms in total. The predicted octanol–water partition coefficient (Wildman–Crippen LogP) is 1.95. The maximum absolute atomic E-state index is 12.7. The van der Waals surface area contributed by atoms with Gasteiger partial charge in [0.15, 0.2) is 4.87 Å². The number of carbonyl (C=O) groups excluding carboxylic acids is 2. The lowest BCUT2D eigenvalue weighted by molar-refractivity contribution is -0.109. The third-order valence-electron chi connectivity index (χ3n) is 6.46. The summed E-state index contributed by atoms with van der Waals surface area (Å²) in [6.07, 6.45) is 4.79. The van der Waals surface area contributed by atoms with E-state index in [2.05, 4.69) is 20.5 Å². The number of hydrogen-bond acceptors (Lipinski definition) is 9. The number of aromatic nitrogens is 1. The van der Waals surface area contributed by atoms with Gasteiger partial charge in [-0.3, -0.25) is 9.78 Å². The van der Waals surface area contributed by atoms with Crippen LogP contribution >= 0.6 is 11.6 Å². The molecule has 0 saturated heterocycles. The minimum Gasteiger partial charge on any atom is -0.490 e. The second kappa shape index (κ2) is 13.1. The Hall–Kier alpha value is -3.18. The monoisotopic (exact) mass is 545 g/mol. The van der Waals surface area contributed by atoms with Crippen LogP contribution in [0.15, 0.2) is 48.0 Å². The molecular formula is C27H36ClN5O5. The molecule has 0 saturated carbocycles. The highest BCUT2D eigenvalue weighted by Crippen LogP contribution is 2.36. The quantitative estimate of drug-likeness (QED) is 0.220. The van der Waals surface area contributed by atoms with Gasteiger partial charge in [-0.05, 0) is 37.8 Å². The molecule has 5 N–H and O–H groups in total. The number of rotatable bonds is 13.